The molecule has 10 heteroatoms. The zero-order valence-electron chi connectivity index (χ0n) is 54.5. The summed E-state index contributed by atoms with van der Waals surface area (Å²) in [6.45, 7) is 26.8. The van der Waals surface area contributed by atoms with Gasteiger partial charge in [-0.2, -0.15) is 0 Å². The third-order valence-corrected chi connectivity index (χ3v) is 17.7. The second-order valence-electron chi connectivity index (χ2n) is 27.7. The Labute approximate surface area is 536 Å². The van der Waals surface area contributed by atoms with Crippen LogP contribution in [-0.2, 0) is 35.5 Å². The fraction of sp³-hybridized carbons (Fsp3) is 0.259. The summed E-state index contributed by atoms with van der Waals surface area (Å²) in [5.41, 5.74) is 20.2. The lowest BCUT2D eigenvalue weighted by Crippen LogP contribution is -2.10. The minimum atomic E-state index is 0.0687. The van der Waals surface area contributed by atoms with Crippen molar-refractivity contribution in [3.05, 3.63) is 268 Å². The molecule has 12 aromatic rings. The van der Waals surface area contributed by atoms with E-state index >= 15 is 0 Å². The average Bonchev–Trinajstić information content (AvgIpc) is 3.07. The summed E-state index contributed by atoms with van der Waals surface area (Å²) in [4.78, 5) is 2.36. The summed E-state index contributed by atoms with van der Waals surface area (Å²) in [6, 6.07) is 77.9. The fourth-order valence-corrected chi connectivity index (χ4v) is 11.8. The number of hydrogen-bond acceptors (Lipinski definition) is 10. The van der Waals surface area contributed by atoms with Gasteiger partial charge < -0.3 is 18.2 Å². The van der Waals surface area contributed by atoms with Crippen molar-refractivity contribution in [3.8, 4) is 68.7 Å². The summed E-state index contributed by atoms with van der Waals surface area (Å²) in [5.74, 6) is 3.91. The van der Waals surface area contributed by atoms with E-state index < -0.39 is 0 Å². The molecule has 0 saturated carbocycles. The van der Waals surface area contributed by atoms with E-state index in [1.807, 2.05) is 0 Å². The Morgan fingerprint density at radius 1 is 0.264 bits per heavy atom. The number of benzene rings is 9. The maximum Gasteiger partial charge on any atom is 0.248 e. The summed E-state index contributed by atoms with van der Waals surface area (Å²) in [6.07, 6.45) is 2.65. The molecule has 0 bridgehead atoms. The lowest BCUT2D eigenvalue weighted by atomic mass is 9.87. The molecule has 0 spiro atoms. The molecule has 3 aromatic heterocycles. The number of hydrogen-bond donors (Lipinski definition) is 0. The van der Waals surface area contributed by atoms with Crippen LogP contribution < -0.4 is 4.90 Å². The molecule has 0 aliphatic rings. The summed E-state index contributed by atoms with van der Waals surface area (Å²) >= 11 is 0. The molecular formula is C81H81N7O3. The first-order chi connectivity index (χ1) is 43.6. The van der Waals surface area contributed by atoms with E-state index in [0.717, 1.165) is 69.7 Å². The molecule has 12 rings (SSSR count). The standard InChI is InChI=1S/C81H81N7O3/c1-52(58-19-25-61(26-20-58)73-82-85-76(89-73)64-31-37-67(38-32-64)79(4,5)6)49-55-13-43-70(44-14-55)88(71-45-15-56(16-46-71)50-53(2)59-21-27-62(28-22-59)74-83-86-77(90-74)65-33-39-68(40-34-65)80(7,8)9)72-47-17-57(18-48-72)51-54(3)60-23-29-63(30-24-60)75-84-87-78(91-75)66-35-41-69(42-36-66)81(10,11)12/h13-48,52-54H,49-51H2,1-12H3. The van der Waals surface area contributed by atoms with Crippen molar-refractivity contribution in [1.29, 1.82) is 0 Å². The molecule has 0 amide bonds. The Hall–Kier alpha value is -9.80. The lowest BCUT2D eigenvalue weighted by molar-refractivity contribution is 0.582. The van der Waals surface area contributed by atoms with Crippen LogP contribution in [0.15, 0.2) is 232 Å². The van der Waals surface area contributed by atoms with Crippen molar-refractivity contribution in [2.45, 2.75) is 136 Å². The monoisotopic (exact) mass is 1200 g/mol. The van der Waals surface area contributed by atoms with Gasteiger partial charge in [0.2, 0.25) is 35.3 Å². The molecule has 0 radical (unpaired) electrons. The molecule has 9 aromatic carbocycles. The number of anilines is 3. The van der Waals surface area contributed by atoms with E-state index in [9.17, 15) is 0 Å². The Morgan fingerprint density at radius 2 is 0.451 bits per heavy atom. The van der Waals surface area contributed by atoms with Crippen molar-refractivity contribution >= 4 is 17.1 Å². The third kappa shape index (κ3) is 14.3. The molecule has 0 fully saturated rings. The fourth-order valence-electron chi connectivity index (χ4n) is 11.8. The predicted molar refractivity (Wildman–Crippen MR) is 369 cm³/mol. The number of nitrogens with zero attached hydrogens (tertiary/aromatic N) is 7. The van der Waals surface area contributed by atoms with Crippen LogP contribution >= 0.6 is 0 Å². The zero-order chi connectivity index (χ0) is 63.6. The van der Waals surface area contributed by atoms with Crippen LogP contribution in [0.2, 0.25) is 0 Å². The molecule has 3 heterocycles. The summed E-state index contributed by atoms with van der Waals surface area (Å²) < 4.78 is 18.5. The van der Waals surface area contributed by atoms with E-state index in [-0.39, 0.29) is 34.0 Å². The van der Waals surface area contributed by atoms with Gasteiger partial charge in [-0.25, -0.2) is 0 Å². The molecule has 3 unspecified atom stereocenters. The van der Waals surface area contributed by atoms with Gasteiger partial charge in [-0.15, -0.1) is 30.6 Å². The first-order valence-corrected chi connectivity index (χ1v) is 31.9. The van der Waals surface area contributed by atoms with Crippen molar-refractivity contribution in [2.24, 2.45) is 0 Å². The number of aromatic nitrogens is 6. The third-order valence-electron chi connectivity index (χ3n) is 17.7. The van der Waals surface area contributed by atoms with Gasteiger partial charge >= 0.3 is 0 Å². The topological polar surface area (TPSA) is 120 Å². The molecular weight excluding hydrogens is 1120 g/mol. The van der Waals surface area contributed by atoms with Crippen LogP contribution in [0.5, 0.6) is 0 Å². The minimum Gasteiger partial charge on any atom is -0.416 e. The minimum absolute atomic E-state index is 0.0687. The average molecular weight is 1200 g/mol. The second kappa shape index (κ2) is 25.6. The van der Waals surface area contributed by atoms with Gasteiger partial charge in [0.25, 0.3) is 0 Å². The van der Waals surface area contributed by atoms with Crippen LogP contribution in [0.4, 0.5) is 17.1 Å². The van der Waals surface area contributed by atoms with Crippen molar-refractivity contribution < 1.29 is 13.3 Å². The van der Waals surface area contributed by atoms with Gasteiger partial charge in [0, 0.05) is 50.4 Å². The highest BCUT2D eigenvalue weighted by Crippen LogP contribution is 2.39. The maximum absolute atomic E-state index is 6.17. The normalized spacial score (nSPS) is 13.1. The van der Waals surface area contributed by atoms with Crippen LogP contribution in [0.1, 0.15) is 151 Å². The Balaban J connectivity index is 0.731. The Bertz CT molecular complexity index is 3900. The summed E-state index contributed by atoms with van der Waals surface area (Å²) in [5, 5.41) is 26.4. The van der Waals surface area contributed by atoms with Crippen molar-refractivity contribution in [1.82, 2.24) is 30.6 Å². The van der Waals surface area contributed by atoms with Gasteiger partial charge in [0.15, 0.2) is 0 Å². The van der Waals surface area contributed by atoms with E-state index in [1.54, 1.807) is 0 Å². The van der Waals surface area contributed by atoms with E-state index in [0.29, 0.717) is 35.3 Å². The van der Waals surface area contributed by atoms with Crippen LogP contribution in [-0.4, -0.2) is 30.6 Å². The molecule has 0 aliphatic carbocycles. The van der Waals surface area contributed by atoms with E-state index in [2.05, 4.69) is 337 Å². The first kappa shape index (κ1) is 61.4. The Kier molecular flexibility index (Phi) is 17.3. The molecule has 3 atom stereocenters. The lowest BCUT2D eigenvalue weighted by Gasteiger charge is -2.26. The molecule has 0 saturated heterocycles. The highest BCUT2D eigenvalue weighted by atomic mass is 16.4. The van der Waals surface area contributed by atoms with Gasteiger partial charge in [-0.1, -0.05) is 192 Å². The zero-order valence-corrected chi connectivity index (χ0v) is 54.5. The van der Waals surface area contributed by atoms with Gasteiger partial charge in [-0.05, 0) is 213 Å². The smallest absolute Gasteiger partial charge is 0.248 e. The van der Waals surface area contributed by atoms with Crippen LogP contribution in [0.25, 0.3) is 68.7 Å². The van der Waals surface area contributed by atoms with Crippen LogP contribution in [0, 0.1) is 0 Å². The highest BCUT2D eigenvalue weighted by Gasteiger charge is 2.22. The molecule has 91 heavy (non-hydrogen) atoms. The Morgan fingerprint density at radius 3 is 0.637 bits per heavy atom. The molecule has 0 N–H and O–H groups in total. The van der Waals surface area contributed by atoms with Crippen LogP contribution in [0.3, 0.4) is 0 Å². The second-order valence-corrected chi connectivity index (χ2v) is 27.7. The first-order valence-electron chi connectivity index (χ1n) is 31.9. The largest absolute Gasteiger partial charge is 0.416 e. The molecule has 0 aliphatic heterocycles. The van der Waals surface area contributed by atoms with Crippen molar-refractivity contribution in [3.63, 3.8) is 0 Å². The van der Waals surface area contributed by atoms with Gasteiger partial charge in [-0.3, -0.25) is 0 Å². The van der Waals surface area contributed by atoms with Gasteiger partial charge in [0.1, 0.15) is 0 Å². The van der Waals surface area contributed by atoms with Gasteiger partial charge in [0.05, 0.1) is 0 Å². The quantitative estimate of drug-likeness (QED) is 0.0821. The highest BCUT2D eigenvalue weighted by molar-refractivity contribution is 5.77. The SMILES string of the molecule is CC(Cc1ccc(N(c2ccc(CC(C)c3ccc(-c4nnc(-c5ccc(C(C)(C)C)cc5)o4)cc3)cc2)c2ccc(CC(C)c3ccc(-c4nnc(-c5ccc(C(C)(C)C)cc5)o4)cc3)cc2)cc1)c1ccc(-c2nnc(-c3ccc(C(C)(C)C)cc3)o2)cc1. The van der Waals surface area contributed by atoms with E-state index in [1.165, 1.54) is 50.1 Å². The number of rotatable bonds is 18. The summed E-state index contributed by atoms with van der Waals surface area (Å²) in [7, 11) is 0. The van der Waals surface area contributed by atoms with E-state index in [4.69, 9.17) is 13.3 Å². The maximum atomic E-state index is 6.17. The molecule has 458 valence electrons. The predicted octanol–water partition coefficient (Wildman–Crippen LogP) is 21.2. The van der Waals surface area contributed by atoms with Crippen molar-refractivity contribution in [2.75, 3.05) is 4.90 Å². The molecule has 10 nitrogen and oxygen atoms in total.